The summed E-state index contributed by atoms with van der Waals surface area (Å²) in [6.45, 7) is 9.50. The van der Waals surface area contributed by atoms with Gasteiger partial charge in [0.1, 0.15) is 6.04 Å². The van der Waals surface area contributed by atoms with Gasteiger partial charge in [0.2, 0.25) is 0 Å². The van der Waals surface area contributed by atoms with Crippen molar-refractivity contribution in [3.63, 3.8) is 0 Å². The summed E-state index contributed by atoms with van der Waals surface area (Å²) in [4.78, 5) is 25.4. The lowest BCUT2D eigenvalue weighted by Crippen LogP contribution is -2.48. The molecule has 5 heteroatoms. The predicted octanol–water partition coefficient (Wildman–Crippen LogP) is 6.64. The number of amides is 1. The average Bonchev–Trinajstić information content (AvgIpc) is 2.78. The van der Waals surface area contributed by atoms with Gasteiger partial charge in [0, 0.05) is 0 Å². The van der Waals surface area contributed by atoms with Gasteiger partial charge < -0.3 is 14.8 Å². The van der Waals surface area contributed by atoms with Crippen LogP contribution in [0.2, 0.25) is 0 Å². The van der Waals surface area contributed by atoms with Gasteiger partial charge in [-0.2, -0.15) is 0 Å². The van der Waals surface area contributed by atoms with Crippen molar-refractivity contribution in [1.29, 1.82) is 0 Å². The molecule has 0 spiro atoms. The van der Waals surface area contributed by atoms with E-state index in [9.17, 15) is 9.59 Å². The maximum Gasteiger partial charge on any atom is 0.407 e. The Balaban J connectivity index is 2.61. The molecule has 1 rings (SSSR count). The molecule has 0 aliphatic heterocycles. The van der Waals surface area contributed by atoms with Crippen LogP contribution in [0.5, 0.6) is 0 Å². The van der Waals surface area contributed by atoms with Crippen molar-refractivity contribution in [1.82, 2.24) is 5.32 Å². The molecular weight excluding hydrogens is 378 g/mol. The summed E-state index contributed by atoms with van der Waals surface area (Å²) in [7, 11) is 0. The van der Waals surface area contributed by atoms with E-state index in [0.29, 0.717) is 25.0 Å². The first-order valence-electron chi connectivity index (χ1n) is 12.6. The number of hydrogen-bond acceptors (Lipinski definition) is 4. The van der Waals surface area contributed by atoms with Crippen LogP contribution in [0.15, 0.2) is 0 Å². The third-order valence-electron chi connectivity index (χ3n) is 6.65. The third-order valence-corrected chi connectivity index (χ3v) is 6.65. The molecule has 0 radical (unpaired) electrons. The lowest BCUT2D eigenvalue weighted by atomic mass is 9.84. The second kappa shape index (κ2) is 16.4. The van der Waals surface area contributed by atoms with E-state index in [1.807, 2.05) is 0 Å². The van der Waals surface area contributed by atoms with E-state index in [0.717, 1.165) is 77.0 Å². The van der Waals surface area contributed by atoms with E-state index in [1.165, 1.54) is 6.42 Å². The Morgan fingerprint density at radius 3 is 1.87 bits per heavy atom. The molecule has 0 heterocycles. The van der Waals surface area contributed by atoms with Crippen molar-refractivity contribution in [3.05, 3.63) is 0 Å². The fraction of sp³-hybridized carbons (Fsp3) is 0.920. The van der Waals surface area contributed by atoms with Gasteiger partial charge in [0.25, 0.3) is 0 Å². The molecule has 1 amide bonds. The van der Waals surface area contributed by atoms with E-state index >= 15 is 0 Å². The van der Waals surface area contributed by atoms with Gasteiger partial charge in [-0.25, -0.2) is 9.59 Å². The maximum absolute atomic E-state index is 12.9. The minimum Gasteiger partial charge on any atom is -0.464 e. The molecule has 3 atom stereocenters. The highest BCUT2D eigenvalue weighted by Gasteiger charge is 2.33. The number of esters is 1. The van der Waals surface area contributed by atoms with Crippen LogP contribution in [0.25, 0.3) is 0 Å². The summed E-state index contributed by atoms with van der Waals surface area (Å²) in [5, 5.41) is 2.87. The Bertz CT molecular complexity index is 462. The standard InChI is InChI=1S/C25H47NO4/c1-5-9-14-20(7-3)18-29-24(27)23(22-16-12-11-13-17-22)26-25(28)30-19-21(8-4)15-10-6-2/h20-23H,5-19H2,1-4H3,(H,26,28). The summed E-state index contributed by atoms with van der Waals surface area (Å²) >= 11 is 0. The summed E-state index contributed by atoms with van der Waals surface area (Å²) < 4.78 is 11.2. The van der Waals surface area contributed by atoms with Crippen LogP contribution in [0.1, 0.15) is 111 Å². The molecule has 0 aromatic heterocycles. The van der Waals surface area contributed by atoms with Gasteiger partial charge in [-0.3, -0.25) is 0 Å². The van der Waals surface area contributed by atoms with Gasteiger partial charge in [-0.15, -0.1) is 0 Å². The molecule has 3 unspecified atom stereocenters. The quantitative estimate of drug-likeness (QED) is 0.299. The lowest BCUT2D eigenvalue weighted by Gasteiger charge is -2.29. The SMILES string of the molecule is CCCCC(CC)COC(=O)NC(C(=O)OCC(CC)CCCC)C1CCCCC1. The summed E-state index contributed by atoms with van der Waals surface area (Å²) in [5.41, 5.74) is 0. The molecule has 30 heavy (non-hydrogen) atoms. The molecule has 0 bridgehead atoms. The number of rotatable bonds is 15. The van der Waals surface area contributed by atoms with E-state index in [-0.39, 0.29) is 11.9 Å². The number of hydrogen-bond donors (Lipinski definition) is 1. The maximum atomic E-state index is 12.9. The van der Waals surface area contributed by atoms with Crippen LogP contribution in [0.3, 0.4) is 0 Å². The zero-order chi connectivity index (χ0) is 22.2. The lowest BCUT2D eigenvalue weighted by molar-refractivity contribution is -0.149. The first-order chi connectivity index (χ1) is 14.5. The van der Waals surface area contributed by atoms with Gasteiger partial charge in [0.05, 0.1) is 13.2 Å². The number of alkyl carbamates (subject to hydrolysis) is 1. The van der Waals surface area contributed by atoms with Crippen molar-refractivity contribution >= 4 is 12.1 Å². The average molecular weight is 426 g/mol. The van der Waals surface area contributed by atoms with Crippen LogP contribution in [0, 0.1) is 17.8 Å². The van der Waals surface area contributed by atoms with E-state index in [2.05, 4.69) is 33.0 Å². The second-order valence-electron chi connectivity index (χ2n) is 9.08. The minimum atomic E-state index is -0.586. The zero-order valence-electron chi connectivity index (χ0n) is 20.0. The molecule has 1 fully saturated rings. The molecule has 5 nitrogen and oxygen atoms in total. The normalized spacial score (nSPS) is 17.7. The molecule has 1 N–H and O–H groups in total. The fourth-order valence-electron chi connectivity index (χ4n) is 4.28. The molecule has 0 aromatic rings. The van der Waals surface area contributed by atoms with Crippen molar-refractivity contribution in [2.45, 2.75) is 117 Å². The molecule has 0 saturated heterocycles. The van der Waals surface area contributed by atoms with Gasteiger partial charge in [-0.05, 0) is 43.4 Å². The van der Waals surface area contributed by atoms with Gasteiger partial charge in [0.15, 0.2) is 0 Å². The Labute approximate surface area is 185 Å². The smallest absolute Gasteiger partial charge is 0.407 e. The summed E-state index contributed by atoms with van der Waals surface area (Å²) in [6, 6.07) is -0.586. The van der Waals surface area contributed by atoms with Crippen molar-refractivity contribution in [2.75, 3.05) is 13.2 Å². The first kappa shape index (κ1) is 26.8. The highest BCUT2D eigenvalue weighted by Crippen LogP contribution is 2.27. The van der Waals surface area contributed by atoms with Crippen molar-refractivity contribution in [3.8, 4) is 0 Å². The van der Waals surface area contributed by atoms with Gasteiger partial charge >= 0.3 is 12.1 Å². The number of nitrogens with one attached hydrogen (secondary N) is 1. The van der Waals surface area contributed by atoms with E-state index < -0.39 is 12.1 Å². The molecule has 1 aliphatic rings. The second-order valence-corrected chi connectivity index (χ2v) is 9.08. The highest BCUT2D eigenvalue weighted by atomic mass is 16.6. The largest absolute Gasteiger partial charge is 0.464 e. The Hall–Kier alpha value is -1.26. The van der Waals surface area contributed by atoms with Crippen LogP contribution in [-0.4, -0.2) is 31.3 Å². The van der Waals surface area contributed by atoms with Crippen LogP contribution in [-0.2, 0) is 14.3 Å². The number of carbonyl (C=O) groups is 2. The Kier molecular flexibility index (Phi) is 14.7. The molecule has 1 aliphatic carbocycles. The predicted molar refractivity (Wildman–Crippen MR) is 122 cm³/mol. The molecular formula is C25H47NO4. The van der Waals surface area contributed by atoms with E-state index in [1.54, 1.807) is 0 Å². The minimum absolute atomic E-state index is 0.150. The summed E-state index contributed by atoms with van der Waals surface area (Å²) in [5.74, 6) is 0.653. The molecule has 1 saturated carbocycles. The van der Waals surface area contributed by atoms with E-state index in [4.69, 9.17) is 9.47 Å². The van der Waals surface area contributed by atoms with Crippen LogP contribution >= 0.6 is 0 Å². The number of carbonyl (C=O) groups excluding carboxylic acids is 2. The number of unbranched alkanes of at least 4 members (excludes halogenated alkanes) is 2. The van der Waals surface area contributed by atoms with Crippen LogP contribution < -0.4 is 5.32 Å². The third kappa shape index (κ3) is 10.7. The fourth-order valence-corrected chi connectivity index (χ4v) is 4.28. The molecule has 0 aromatic carbocycles. The zero-order valence-corrected chi connectivity index (χ0v) is 20.0. The molecule has 176 valence electrons. The first-order valence-corrected chi connectivity index (χ1v) is 12.6. The van der Waals surface area contributed by atoms with Crippen molar-refractivity contribution in [2.24, 2.45) is 17.8 Å². The Morgan fingerprint density at radius 1 is 0.833 bits per heavy atom. The number of ether oxygens (including phenoxy) is 2. The Morgan fingerprint density at radius 2 is 1.37 bits per heavy atom. The van der Waals surface area contributed by atoms with Gasteiger partial charge in [-0.1, -0.05) is 85.5 Å². The highest BCUT2D eigenvalue weighted by molar-refractivity contribution is 5.81. The van der Waals surface area contributed by atoms with Crippen molar-refractivity contribution < 1.29 is 19.1 Å². The topological polar surface area (TPSA) is 64.6 Å². The summed E-state index contributed by atoms with van der Waals surface area (Å²) in [6.07, 6.45) is 13.6. The van der Waals surface area contributed by atoms with Crippen LogP contribution in [0.4, 0.5) is 4.79 Å². The monoisotopic (exact) mass is 425 g/mol.